The number of hydrogen-bond donors (Lipinski definition) is 4. The van der Waals surface area contributed by atoms with Crippen LogP contribution in [0.2, 0.25) is 0 Å². The highest BCUT2D eigenvalue weighted by molar-refractivity contribution is 4.78. The van der Waals surface area contributed by atoms with E-state index in [0.717, 1.165) is 0 Å². The Morgan fingerprint density at radius 1 is 1.43 bits per heavy atom. The van der Waals surface area contributed by atoms with E-state index >= 15 is 0 Å². The normalized spacial score (nSPS) is 18.2. The number of hydrogen-bond acceptors (Lipinski definition) is 5. The molecule has 5 nitrogen and oxygen atoms in total. The second kappa shape index (κ2) is 6.31. The molecule has 0 fully saturated rings. The smallest absolute Gasteiger partial charge is 0.0894 e. The predicted octanol–water partition coefficient (Wildman–Crippen LogP) is -1.76. The Morgan fingerprint density at radius 3 is 2.43 bits per heavy atom. The Labute approximate surface area is 85.4 Å². The minimum absolute atomic E-state index is 0.261. The summed E-state index contributed by atoms with van der Waals surface area (Å²) in [6.45, 7) is 2.70. The van der Waals surface area contributed by atoms with E-state index in [4.69, 9.17) is 10.2 Å². The van der Waals surface area contributed by atoms with E-state index in [-0.39, 0.29) is 6.61 Å². The lowest BCUT2D eigenvalue weighted by atomic mass is 10.1. The Morgan fingerprint density at radius 2 is 2.00 bits per heavy atom. The summed E-state index contributed by atoms with van der Waals surface area (Å²) in [5.74, 6) is 0. The van der Waals surface area contributed by atoms with Crippen LogP contribution in [-0.2, 0) is 0 Å². The van der Waals surface area contributed by atoms with Crippen LogP contribution in [0.1, 0.15) is 6.92 Å². The Bertz CT molecular complexity index is 151. The molecule has 0 aliphatic rings. The lowest BCUT2D eigenvalue weighted by Crippen LogP contribution is -2.47. The number of aliphatic hydroxyl groups is 3. The first-order valence-electron chi connectivity index (χ1n) is 4.74. The van der Waals surface area contributed by atoms with E-state index in [1.165, 1.54) is 0 Å². The van der Waals surface area contributed by atoms with Crippen LogP contribution in [0.3, 0.4) is 0 Å². The predicted molar refractivity (Wildman–Crippen MR) is 55.1 cm³/mol. The van der Waals surface area contributed by atoms with E-state index < -0.39 is 11.7 Å². The molecule has 0 aromatic carbocycles. The minimum atomic E-state index is -0.821. The molecule has 0 spiro atoms. The van der Waals surface area contributed by atoms with Crippen molar-refractivity contribution in [3.05, 3.63) is 0 Å². The molecular weight excluding hydrogens is 184 g/mol. The Kier molecular flexibility index (Phi) is 6.22. The summed E-state index contributed by atoms with van der Waals surface area (Å²) >= 11 is 0. The molecule has 0 saturated carbocycles. The lowest BCUT2D eigenvalue weighted by Gasteiger charge is -2.27. The molecule has 4 N–H and O–H groups in total. The molecule has 14 heavy (non-hydrogen) atoms. The van der Waals surface area contributed by atoms with Crippen LogP contribution >= 0.6 is 0 Å². The maximum absolute atomic E-state index is 9.82. The van der Waals surface area contributed by atoms with E-state index in [1.807, 2.05) is 19.0 Å². The molecule has 0 saturated heterocycles. The van der Waals surface area contributed by atoms with E-state index in [1.54, 1.807) is 6.92 Å². The van der Waals surface area contributed by atoms with Crippen molar-refractivity contribution >= 4 is 0 Å². The van der Waals surface area contributed by atoms with Crippen LogP contribution in [0.4, 0.5) is 0 Å². The lowest BCUT2D eigenvalue weighted by molar-refractivity contribution is 0.0277. The van der Waals surface area contributed by atoms with Crippen LogP contribution in [0.5, 0.6) is 0 Å². The molecule has 0 bridgehead atoms. The van der Waals surface area contributed by atoms with Gasteiger partial charge in [-0.1, -0.05) is 0 Å². The van der Waals surface area contributed by atoms with Crippen molar-refractivity contribution in [3.63, 3.8) is 0 Å². The monoisotopic (exact) mass is 206 g/mol. The molecule has 5 heteroatoms. The highest BCUT2D eigenvalue weighted by atomic mass is 16.3. The Balaban J connectivity index is 3.65. The number of rotatable bonds is 7. The van der Waals surface area contributed by atoms with Gasteiger partial charge in [-0.15, -0.1) is 0 Å². The zero-order valence-corrected chi connectivity index (χ0v) is 9.19. The van der Waals surface area contributed by atoms with Crippen molar-refractivity contribution in [2.45, 2.75) is 18.6 Å². The molecule has 0 radical (unpaired) electrons. The first-order valence-corrected chi connectivity index (χ1v) is 4.74. The summed E-state index contributed by atoms with van der Waals surface area (Å²) in [6.07, 6.45) is -0.759. The molecular formula is C9H22N2O3. The van der Waals surface area contributed by atoms with Gasteiger partial charge in [0.05, 0.1) is 18.3 Å². The molecule has 86 valence electrons. The van der Waals surface area contributed by atoms with Crippen LogP contribution < -0.4 is 5.32 Å². The van der Waals surface area contributed by atoms with E-state index in [0.29, 0.717) is 19.6 Å². The number of nitrogens with zero attached hydrogens (tertiary/aromatic N) is 1. The van der Waals surface area contributed by atoms with E-state index in [9.17, 15) is 5.11 Å². The third kappa shape index (κ3) is 7.23. The molecule has 0 aromatic heterocycles. The average Bonchev–Trinajstić information content (AvgIpc) is 2.01. The highest BCUT2D eigenvalue weighted by Gasteiger charge is 2.20. The summed E-state index contributed by atoms with van der Waals surface area (Å²) in [4.78, 5) is 1.89. The van der Waals surface area contributed by atoms with Gasteiger partial charge in [-0.2, -0.15) is 0 Å². The van der Waals surface area contributed by atoms with Gasteiger partial charge in [0, 0.05) is 19.6 Å². The van der Waals surface area contributed by atoms with Gasteiger partial charge in [-0.3, -0.25) is 0 Å². The quantitative estimate of drug-likeness (QED) is 0.397. The summed E-state index contributed by atoms with van der Waals surface area (Å²) in [6, 6.07) is 0. The average molecular weight is 206 g/mol. The fourth-order valence-electron chi connectivity index (χ4n) is 1.31. The molecule has 0 heterocycles. The summed E-state index contributed by atoms with van der Waals surface area (Å²) < 4.78 is 0. The minimum Gasteiger partial charge on any atom is -0.394 e. The highest BCUT2D eigenvalue weighted by Crippen LogP contribution is 2.02. The van der Waals surface area contributed by atoms with Gasteiger partial charge in [-0.05, 0) is 21.0 Å². The van der Waals surface area contributed by atoms with Crippen molar-refractivity contribution in [3.8, 4) is 0 Å². The zero-order valence-electron chi connectivity index (χ0n) is 9.19. The fourth-order valence-corrected chi connectivity index (χ4v) is 1.31. The van der Waals surface area contributed by atoms with Crippen molar-refractivity contribution in [2.24, 2.45) is 0 Å². The van der Waals surface area contributed by atoms with Gasteiger partial charge in [0.2, 0.25) is 0 Å². The Hall–Kier alpha value is -0.200. The SMILES string of the molecule is CN(C)CC(C)(O)CNCC(O)CO. The maximum Gasteiger partial charge on any atom is 0.0894 e. The van der Waals surface area contributed by atoms with Gasteiger partial charge in [0.1, 0.15) is 0 Å². The summed E-state index contributed by atoms with van der Waals surface area (Å²) in [5.41, 5.74) is -0.821. The van der Waals surface area contributed by atoms with Gasteiger partial charge in [0.25, 0.3) is 0 Å². The summed E-state index contributed by atoms with van der Waals surface area (Å²) in [7, 11) is 3.77. The van der Waals surface area contributed by atoms with Crippen LogP contribution in [-0.4, -0.2) is 72.3 Å². The van der Waals surface area contributed by atoms with Crippen molar-refractivity contribution < 1.29 is 15.3 Å². The first kappa shape index (κ1) is 13.8. The second-order valence-electron chi connectivity index (χ2n) is 4.20. The van der Waals surface area contributed by atoms with Gasteiger partial charge < -0.3 is 25.5 Å². The molecule has 0 amide bonds. The fraction of sp³-hybridized carbons (Fsp3) is 1.00. The zero-order chi connectivity index (χ0) is 11.2. The molecule has 0 rings (SSSR count). The van der Waals surface area contributed by atoms with Gasteiger partial charge in [0.15, 0.2) is 0 Å². The standard InChI is InChI=1S/C9H22N2O3/c1-9(14,7-11(2)3)6-10-4-8(13)5-12/h8,10,12-14H,4-7H2,1-3H3. The van der Waals surface area contributed by atoms with Crippen molar-refractivity contribution in [2.75, 3.05) is 40.3 Å². The second-order valence-corrected chi connectivity index (χ2v) is 4.20. The largest absolute Gasteiger partial charge is 0.394 e. The van der Waals surface area contributed by atoms with Gasteiger partial charge >= 0.3 is 0 Å². The molecule has 0 aromatic rings. The third-order valence-corrected chi connectivity index (χ3v) is 1.75. The molecule has 0 aliphatic carbocycles. The number of likely N-dealkylation sites (N-methyl/N-ethyl adjacent to an activating group) is 1. The van der Waals surface area contributed by atoms with Crippen molar-refractivity contribution in [1.82, 2.24) is 10.2 Å². The van der Waals surface area contributed by atoms with Crippen LogP contribution in [0.15, 0.2) is 0 Å². The van der Waals surface area contributed by atoms with Crippen LogP contribution in [0, 0.1) is 0 Å². The maximum atomic E-state index is 9.82. The van der Waals surface area contributed by atoms with Crippen LogP contribution in [0.25, 0.3) is 0 Å². The summed E-state index contributed by atoms with van der Waals surface area (Å²) in [5, 5.41) is 30.3. The first-order chi connectivity index (χ1) is 6.37. The molecule has 2 atom stereocenters. The topological polar surface area (TPSA) is 76.0 Å². The van der Waals surface area contributed by atoms with Crippen molar-refractivity contribution in [1.29, 1.82) is 0 Å². The molecule has 0 aliphatic heterocycles. The van der Waals surface area contributed by atoms with E-state index in [2.05, 4.69) is 5.32 Å². The third-order valence-electron chi connectivity index (χ3n) is 1.75. The number of aliphatic hydroxyl groups excluding tert-OH is 2. The van der Waals surface area contributed by atoms with Gasteiger partial charge in [-0.25, -0.2) is 0 Å². The molecule has 2 unspecified atom stereocenters. The number of nitrogens with one attached hydrogen (secondary N) is 1.